The van der Waals surface area contributed by atoms with E-state index in [-0.39, 0.29) is 5.82 Å². The molecule has 0 spiro atoms. The first-order valence-corrected chi connectivity index (χ1v) is 5.90. The third kappa shape index (κ3) is 3.41. The van der Waals surface area contributed by atoms with Gasteiger partial charge in [-0.1, -0.05) is 6.07 Å². The molecule has 1 aliphatic rings. The van der Waals surface area contributed by atoms with Crippen molar-refractivity contribution in [2.45, 2.75) is 13.0 Å². The zero-order valence-electron chi connectivity index (χ0n) is 10.0. The molecule has 0 aliphatic carbocycles. The number of rotatable bonds is 5. The monoisotopic (exact) mass is 239 g/mol. The molecule has 3 nitrogen and oxygen atoms in total. The fraction of sp³-hybridized carbons (Fsp3) is 0.538. The maximum atomic E-state index is 13.6. The smallest absolute Gasteiger partial charge is 0.132 e. The minimum atomic E-state index is -0.270. The average molecular weight is 239 g/mol. The van der Waals surface area contributed by atoms with Crippen molar-refractivity contribution < 1.29 is 13.9 Å². The summed E-state index contributed by atoms with van der Waals surface area (Å²) in [7, 11) is 1.53. The second-order valence-corrected chi connectivity index (χ2v) is 4.33. The van der Waals surface area contributed by atoms with Crippen LogP contribution in [0.1, 0.15) is 12.0 Å². The van der Waals surface area contributed by atoms with Crippen LogP contribution in [0.5, 0.6) is 5.75 Å². The highest BCUT2D eigenvalue weighted by atomic mass is 19.1. The van der Waals surface area contributed by atoms with E-state index in [2.05, 4.69) is 5.32 Å². The molecule has 0 amide bonds. The molecule has 1 N–H and O–H groups in total. The number of methoxy groups -OCH3 is 1. The number of hydrogen-bond acceptors (Lipinski definition) is 3. The minimum Gasteiger partial charge on any atom is -0.497 e. The molecule has 1 atom stereocenters. The van der Waals surface area contributed by atoms with Crippen molar-refractivity contribution in [1.29, 1.82) is 0 Å². The Labute approximate surface area is 101 Å². The molecule has 94 valence electrons. The van der Waals surface area contributed by atoms with E-state index in [0.717, 1.165) is 19.5 Å². The highest BCUT2D eigenvalue weighted by Gasteiger charge is 2.14. The third-order valence-corrected chi connectivity index (χ3v) is 3.03. The summed E-state index contributed by atoms with van der Waals surface area (Å²) in [5.41, 5.74) is 0.580. The average Bonchev–Trinajstić information content (AvgIpc) is 2.84. The van der Waals surface area contributed by atoms with E-state index in [1.807, 2.05) is 0 Å². The molecular weight excluding hydrogens is 221 g/mol. The first-order chi connectivity index (χ1) is 8.29. The van der Waals surface area contributed by atoms with Gasteiger partial charge in [0.1, 0.15) is 11.6 Å². The van der Waals surface area contributed by atoms with Gasteiger partial charge in [-0.25, -0.2) is 4.39 Å². The molecule has 1 aromatic carbocycles. The summed E-state index contributed by atoms with van der Waals surface area (Å²) in [5, 5.41) is 3.28. The van der Waals surface area contributed by atoms with Gasteiger partial charge in [-0.05, 0) is 24.9 Å². The van der Waals surface area contributed by atoms with Crippen LogP contribution in [0.4, 0.5) is 4.39 Å². The highest BCUT2D eigenvalue weighted by Crippen LogP contribution is 2.17. The van der Waals surface area contributed by atoms with Gasteiger partial charge in [0.25, 0.3) is 0 Å². The van der Waals surface area contributed by atoms with Crippen LogP contribution in [0.25, 0.3) is 0 Å². The molecule has 1 heterocycles. The van der Waals surface area contributed by atoms with E-state index in [1.165, 1.54) is 13.2 Å². The van der Waals surface area contributed by atoms with Crippen molar-refractivity contribution in [3.8, 4) is 5.75 Å². The molecule has 0 saturated carbocycles. The number of ether oxygens (including phenoxy) is 2. The Morgan fingerprint density at radius 3 is 3.00 bits per heavy atom. The van der Waals surface area contributed by atoms with Crippen LogP contribution in [0.3, 0.4) is 0 Å². The lowest BCUT2D eigenvalue weighted by Crippen LogP contribution is -2.14. The predicted molar refractivity (Wildman–Crippen MR) is 63.6 cm³/mol. The summed E-state index contributed by atoms with van der Waals surface area (Å²) in [5.74, 6) is 0.830. The molecule has 0 bridgehead atoms. The molecule has 0 aromatic heterocycles. The molecule has 2 rings (SSSR count). The minimum absolute atomic E-state index is 0.270. The molecule has 1 unspecified atom stereocenters. The molecule has 4 heteroatoms. The summed E-state index contributed by atoms with van der Waals surface area (Å²) in [6.07, 6.45) is 1.14. The maximum absolute atomic E-state index is 13.6. The first-order valence-electron chi connectivity index (χ1n) is 5.90. The lowest BCUT2D eigenvalue weighted by Gasteiger charge is -2.10. The van der Waals surface area contributed by atoms with Crippen LogP contribution < -0.4 is 10.1 Å². The van der Waals surface area contributed by atoms with E-state index >= 15 is 0 Å². The lowest BCUT2D eigenvalue weighted by atomic mass is 10.1. The molecule has 1 aliphatic heterocycles. The molecule has 1 fully saturated rings. The van der Waals surface area contributed by atoms with Gasteiger partial charge in [0.2, 0.25) is 0 Å². The van der Waals surface area contributed by atoms with Crippen LogP contribution in [-0.2, 0) is 11.3 Å². The van der Waals surface area contributed by atoms with Gasteiger partial charge in [0.15, 0.2) is 0 Å². The molecule has 1 saturated heterocycles. The van der Waals surface area contributed by atoms with Gasteiger partial charge < -0.3 is 14.8 Å². The van der Waals surface area contributed by atoms with E-state index < -0.39 is 0 Å². The first kappa shape index (κ1) is 12.3. The Hall–Kier alpha value is -1.13. The van der Waals surface area contributed by atoms with Gasteiger partial charge in [0, 0.05) is 18.2 Å². The van der Waals surface area contributed by atoms with E-state index in [4.69, 9.17) is 9.47 Å². The third-order valence-electron chi connectivity index (χ3n) is 3.03. The van der Waals surface area contributed by atoms with Gasteiger partial charge in [-0.2, -0.15) is 0 Å². The Morgan fingerprint density at radius 2 is 2.35 bits per heavy atom. The Balaban J connectivity index is 1.81. The van der Waals surface area contributed by atoms with Gasteiger partial charge in [-0.15, -0.1) is 0 Å². The van der Waals surface area contributed by atoms with Crippen molar-refractivity contribution in [3.05, 3.63) is 29.6 Å². The van der Waals surface area contributed by atoms with Crippen LogP contribution in [-0.4, -0.2) is 26.8 Å². The normalized spacial score (nSPS) is 19.5. The molecule has 0 radical (unpaired) electrons. The number of halogens is 1. The second-order valence-electron chi connectivity index (χ2n) is 4.33. The van der Waals surface area contributed by atoms with Gasteiger partial charge in [0.05, 0.1) is 20.3 Å². The van der Waals surface area contributed by atoms with Gasteiger partial charge >= 0.3 is 0 Å². The summed E-state index contributed by atoms with van der Waals surface area (Å²) in [4.78, 5) is 0. The summed E-state index contributed by atoms with van der Waals surface area (Å²) >= 11 is 0. The van der Waals surface area contributed by atoms with E-state index in [0.29, 0.717) is 30.4 Å². The van der Waals surface area contributed by atoms with E-state index in [1.54, 1.807) is 12.1 Å². The van der Waals surface area contributed by atoms with Crippen LogP contribution in [0.2, 0.25) is 0 Å². The number of benzene rings is 1. The van der Waals surface area contributed by atoms with Gasteiger partial charge in [-0.3, -0.25) is 0 Å². The predicted octanol–water partition coefficient (Wildman–Crippen LogP) is 1.96. The summed E-state index contributed by atoms with van der Waals surface area (Å²) in [6.45, 7) is 3.08. The SMILES string of the molecule is COc1ccc(COCC2CCNC2)c(F)c1. The summed E-state index contributed by atoms with van der Waals surface area (Å²) in [6, 6.07) is 4.84. The molecule has 17 heavy (non-hydrogen) atoms. The fourth-order valence-electron chi connectivity index (χ4n) is 1.96. The zero-order valence-corrected chi connectivity index (χ0v) is 10.0. The molecule has 1 aromatic rings. The Bertz CT molecular complexity index is 364. The van der Waals surface area contributed by atoms with Crippen LogP contribution >= 0.6 is 0 Å². The largest absolute Gasteiger partial charge is 0.497 e. The van der Waals surface area contributed by atoms with Crippen LogP contribution in [0, 0.1) is 11.7 Å². The van der Waals surface area contributed by atoms with Crippen LogP contribution in [0.15, 0.2) is 18.2 Å². The second kappa shape index (κ2) is 5.98. The zero-order chi connectivity index (χ0) is 12.1. The Kier molecular flexibility index (Phi) is 4.34. The topological polar surface area (TPSA) is 30.5 Å². The van der Waals surface area contributed by atoms with E-state index in [9.17, 15) is 4.39 Å². The van der Waals surface area contributed by atoms with Crippen molar-refractivity contribution >= 4 is 0 Å². The van der Waals surface area contributed by atoms with Crippen molar-refractivity contribution in [2.75, 3.05) is 26.8 Å². The van der Waals surface area contributed by atoms with Crippen molar-refractivity contribution in [2.24, 2.45) is 5.92 Å². The molecular formula is C13H18FNO2. The number of nitrogens with one attached hydrogen (secondary N) is 1. The lowest BCUT2D eigenvalue weighted by molar-refractivity contribution is 0.0905. The standard InChI is InChI=1S/C13H18FNO2/c1-16-12-3-2-11(13(14)6-12)9-17-8-10-4-5-15-7-10/h2-3,6,10,15H,4-5,7-9H2,1H3. The Morgan fingerprint density at radius 1 is 1.47 bits per heavy atom. The van der Waals surface area contributed by atoms with Crippen molar-refractivity contribution in [3.63, 3.8) is 0 Å². The maximum Gasteiger partial charge on any atom is 0.132 e. The number of hydrogen-bond donors (Lipinski definition) is 1. The van der Waals surface area contributed by atoms with Crippen molar-refractivity contribution in [1.82, 2.24) is 5.32 Å². The highest BCUT2D eigenvalue weighted by molar-refractivity contribution is 5.28. The summed E-state index contributed by atoms with van der Waals surface area (Å²) < 4.78 is 24.0. The quantitative estimate of drug-likeness (QED) is 0.852. The fourth-order valence-corrected chi connectivity index (χ4v) is 1.96.